The third-order valence-electron chi connectivity index (χ3n) is 4.29. The van der Waals surface area contributed by atoms with Gasteiger partial charge in [0.05, 0.1) is 10.6 Å². The highest BCUT2D eigenvalue weighted by Crippen LogP contribution is 2.29. The fourth-order valence-electron chi connectivity index (χ4n) is 2.64. The minimum absolute atomic E-state index is 0.0294. The van der Waals surface area contributed by atoms with Gasteiger partial charge in [-0.05, 0) is 38.0 Å². The molecule has 4 rings (SSSR count). The van der Waals surface area contributed by atoms with Crippen molar-refractivity contribution < 1.29 is 9.53 Å². The van der Waals surface area contributed by atoms with Crippen LogP contribution in [-0.2, 0) is 6.61 Å². The van der Waals surface area contributed by atoms with Gasteiger partial charge >= 0.3 is 0 Å². The number of nitrogens with one attached hydrogen (secondary N) is 1. The van der Waals surface area contributed by atoms with E-state index >= 15 is 0 Å². The summed E-state index contributed by atoms with van der Waals surface area (Å²) in [5, 5.41) is 4.00. The van der Waals surface area contributed by atoms with Gasteiger partial charge in [0.2, 0.25) is 0 Å². The molecule has 5 heteroatoms. The Kier molecular flexibility index (Phi) is 4.71. The van der Waals surface area contributed by atoms with E-state index in [4.69, 9.17) is 4.74 Å². The van der Waals surface area contributed by atoms with Crippen LogP contribution < -0.4 is 10.1 Å². The summed E-state index contributed by atoms with van der Waals surface area (Å²) in [6.45, 7) is 2.45. The van der Waals surface area contributed by atoms with Crippen molar-refractivity contribution in [1.82, 2.24) is 10.3 Å². The summed E-state index contributed by atoms with van der Waals surface area (Å²) in [4.78, 5) is 17.9. The number of hydrogen-bond donors (Lipinski definition) is 1. The van der Waals surface area contributed by atoms with Gasteiger partial charge < -0.3 is 10.1 Å². The monoisotopic (exact) mass is 364 g/mol. The maximum atomic E-state index is 12.2. The number of thiazole rings is 1. The Hall–Kier alpha value is -2.66. The standard InChI is InChI=1S/C21H20N2O2S/c1-14-19(26-21(22-14)15-6-3-2-4-7-15)13-25-18-9-5-8-16(12-18)20(24)23-17-10-11-17/h2-9,12,17H,10-11,13H2,1H3,(H,23,24). The van der Waals surface area contributed by atoms with Crippen LogP contribution in [0.4, 0.5) is 0 Å². The normalized spacial score (nSPS) is 13.4. The number of hydrogen-bond acceptors (Lipinski definition) is 4. The molecule has 1 amide bonds. The van der Waals surface area contributed by atoms with E-state index < -0.39 is 0 Å². The Labute approximate surface area is 156 Å². The number of nitrogens with zero attached hydrogens (tertiary/aromatic N) is 1. The molecular weight excluding hydrogens is 344 g/mol. The van der Waals surface area contributed by atoms with Crippen molar-refractivity contribution >= 4 is 17.2 Å². The average Bonchev–Trinajstić information content (AvgIpc) is 3.41. The van der Waals surface area contributed by atoms with Crippen molar-refractivity contribution in [2.45, 2.75) is 32.4 Å². The van der Waals surface area contributed by atoms with Crippen LogP contribution in [0.2, 0.25) is 0 Å². The molecular formula is C21H20N2O2S. The van der Waals surface area contributed by atoms with Crippen LogP contribution in [0.25, 0.3) is 10.6 Å². The summed E-state index contributed by atoms with van der Waals surface area (Å²) in [5.41, 5.74) is 2.74. The summed E-state index contributed by atoms with van der Waals surface area (Å²) < 4.78 is 5.92. The molecule has 1 aromatic heterocycles. The van der Waals surface area contributed by atoms with Gasteiger partial charge in [-0.15, -0.1) is 11.3 Å². The lowest BCUT2D eigenvalue weighted by molar-refractivity contribution is 0.0950. The number of ether oxygens (including phenoxy) is 1. The lowest BCUT2D eigenvalue weighted by Gasteiger charge is -2.08. The minimum atomic E-state index is -0.0294. The molecule has 2 aromatic carbocycles. The van der Waals surface area contributed by atoms with Crippen LogP contribution in [-0.4, -0.2) is 16.9 Å². The number of aromatic nitrogens is 1. The molecule has 0 bridgehead atoms. The first-order chi connectivity index (χ1) is 12.7. The highest BCUT2D eigenvalue weighted by Gasteiger charge is 2.23. The second kappa shape index (κ2) is 7.30. The second-order valence-electron chi connectivity index (χ2n) is 6.46. The number of amides is 1. The van der Waals surface area contributed by atoms with Crippen LogP contribution >= 0.6 is 11.3 Å². The average molecular weight is 364 g/mol. The van der Waals surface area contributed by atoms with Crippen LogP contribution in [0, 0.1) is 6.92 Å². The summed E-state index contributed by atoms with van der Waals surface area (Å²) in [5.74, 6) is 0.667. The Bertz CT molecular complexity index is 917. The second-order valence-corrected chi connectivity index (χ2v) is 7.54. The van der Waals surface area contributed by atoms with Gasteiger partial charge in [-0.1, -0.05) is 36.4 Å². The smallest absolute Gasteiger partial charge is 0.251 e. The lowest BCUT2D eigenvalue weighted by Crippen LogP contribution is -2.25. The first-order valence-electron chi connectivity index (χ1n) is 8.74. The molecule has 0 radical (unpaired) electrons. The Morgan fingerprint density at radius 3 is 2.77 bits per heavy atom. The summed E-state index contributed by atoms with van der Waals surface area (Å²) >= 11 is 1.64. The van der Waals surface area contributed by atoms with E-state index in [1.54, 1.807) is 17.4 Å². The largest absolute Gasteiger partial charge is 0.488 e. The predicted molar refractivity (Wildman–Crippen MR) is 104 cm³/mol. The Morgan fingerprint density at radius 2 is 2.00 bits per heavy atom. The summed E-state index contributed by atoms with van der Waals surface area (Å²) in [6.07, 6.45) is 2.16. The SMILES string of the molecule is Cc1nc(-c2ccccc2)sc1COc1cccc(C(=O)NC2CC2)c1. The summed E-state index contributed by atoms with van der Waals surface area (Å²) in [7, 11) is 0. The van der Waals surface area contributed by atoms with Gasteiger partial charge in [0, 0.05) is 17.2 Å². The Morgan fingerprint density at radius 1 is 1.19 bits per heavy atom. The zero-order valence-corrected chi connectivity index (χ0v) is 15.4. The van der Waals surface area contributed by atoms with E-state index in [9.17, 15) is 4.79 Å². The van der Waals surface area contributed by atoms with Crippen LogP contribution in [0.15, 0.2) is 54.6 Å². The third-order valence-corrected chi connectivity index (χ3v) is 5.47. The van der Waals surface area contributed by atoms with E-state index in [2.05, 4.69) is 22.4 Å². The van der Waals surface area contributed by atoms with Gasteiger partial charge in [0.1, 0.15) is 17.4 Å². The molecule has 0 spiro atoms. The van der Waals surface area contributed by atoms with Gasteiger partial charge in [0.25, 0.3) is 5.91 Å². The zero-order chi connectivity index (χ0) is 17.9. The molecule has 1 aliphatic carbocycles. The van der Waals surface area contributed by atoms with Crippen molar-refractivity contribution in [1.29, 1.82) is 0 Å². The van der Waals surface area contributed by atoms with Crippen molar-refractivity contribution in [3.05, 3.63) is 70.7 Å². The Balaban J connectivity index is 1.44. The van der Waals surface area contributed by atoms with E-state index in [1.807, 2.05) is 43.3 Å². The molecule has 0 saturated heterocycles. The molecule has 0 atom stereocenters. The number of aryl methyl sites for hydroxylation is 1. The molecule has 1 fully saturated rings. The van der Waals surface area contributed by atoms with Crippen LogP contribution in [0.5, 0.6) is 5.75 Å². The highest BCUT2D eigenvalue weighted by atomic mass is 32.1. The van der Waals surface area contributed by atoms with Crippen molar-refractivity contribution in [2.75, 3.05) is 0 Å². The molecule has 1 N–H and O–H groups in total. The van der Waals surface area contributed by atoms with E-state index in [-0.39, 0.29) is 5.91 Å². The van der Waals surface area contributed by atoms with Crippen LogP contribution in [0.3, 0.4) is 0 Å². The molecule has 3 aromatic rings. The quantitative estimate of drug-likeness (QED) is 0.696. The molecule has 4 nitrogen and oxygen atoms in total. The highest BCUT2D eigenvalue weighted by molar-refractivity contribution is 7.15. The zero-order valence-electron chi connectivity index (χ0n) is 14.6. The lowest BCUT2D eigenvalue weighted by atomic mass is 10.2. The number of benzene rings is 2. The molecule has 1 aliphatic rings. The molecule has 1 saturated carbocycles. The molecule has 1 heterocycles. The molecule has 0 aliphatic heterocycles. The molecule has 0 unspecified atom stereocenters. The van der Waals surface area contributed by atoms with E-state index in [1.165, 1.54) is 0 Å². The van der Waals surface area contributed by atoms with Gasteiger partial charge in [-0.2, -0.15) is 0 Å². The maximum Gasteiger partial charge on any atom is 0.251 e. The first kappa shape index (κ1) is 16.8. The predicted octanol–water partition coefficient (Wildman–Crippen LogP) is 4.59. The number of rotatable bonds is 6. The van der Waals surface area contributed by atoms with E-state index in [0.717, 1.165) is 34.0 Å². The van der Waals surface area contributed by atoms with Gasteiger partial charge in [0.15, 0.2) is 0 Å². The van der Waals surface area contributed by atoms with Crippen LogP contribution in [0.1, 0.15) is 33.8 Å². The minimum Gasteiger partial charge on any atom is -0.488 e. The van der Waals surface area contributed by atoms with Crippen molar-refractivity contribution in [3.8, 4) is 16.3 Å². The van der Waals surface area contributed by atoms with Gasteiger partial charge in [-0.3, -0.25) is 4.79 Å². The molecule has 26 heavy (non-hydrogen) atoms. The van der Waals surface area contributed by atoms with Gasteiger partial charge in [-0.25, -0.2) is 4.98 Å². The number of carbonyl (C=O) groups excluding carboxylic acids is 1. The third kappa shape index (κ3) is 3.94. The van der Waals surface area contributed by atoms with Crippen molar-refractivity contribution in [3.63, 3.8) is 0 Å². The van der Waals surface area contributed by atoms with E-state index in [0.29, 0.717) is 24.0 Å². The fourth-order valence-corrected chi connectivity index (χ4v) is 3.62. The maximum absolute atomic E-state index is 12.2. The number of carbonyl (C=O) groups is 1. The summed E-state index contributed by atoms with van der Waals surface area (Å²) in [6, 6.07) is 17.8. The molecule has 132 valence electrons. The van der Waals surface area contributed by atoms with Crippen molar-refractivity contribution in [2.24, 2.45) is 0 Å². The first-order valence-corrected chi connectivity index (χ1v) is 9.56. The fraction of sp³-hybridized carbons (Fsp3) is 0.238. The topological polar surface area (TPSA) is 51.2 Å².